The Morgan fingerprint density at radius 2 is 1.96 bits per heavy atom. The van der Waals surface area contributed by atoms with Crippen molar-refractivity contribution in [3.8, 4) is 0 Å². The molecule has 0 amide bonds. The number of fused-ring (bicyclic) bond motifs is 1. The molecule has 1 saturated carbocycles. The van der Waals surface area contributed by atoms with Gasteiger partial charge in [0.15, 0.2) is 0 Å². The van der Waals surface area contributed by atoms with E-state index in [2.05, 4.69) is 58.0 Å². The minimum atomic E-state index is -0.233. The van der Waals surface area contributed by atoms with E-state index in [9.17, 15) is 4.79 Å². The van der Waals surface area contributed by atoms with Gasteiger partial charge in [0.05, 0.1) is 5.92 Å². The number of carbonyl (C=O) groups is 1. The molecular weight excluding hydrogens is 304 g/mol. The van der Waals surface area contributed by atoms with Gasteiger partial charge in [0.2, 0.25) is 0 Å². The third-order valence-corrected chi connectivity index (χ3v) is 6.82. The Kier molecular flexibility index (Phi) is 4.52. The second kappa shape index (κ2) is 6.16. The van der Waals surface area contributed by atoms with Crippen LogP contribution in [-0.4, -0.2) is 17.3 Å². The number of esters is 1. The van der Waals surface area contributed by atoms with Crippen molar-refractivity contribution in [3.63, 3.8) is 0 Å². The van der Waals surface area contributed by atoms with E-state index in [1.807, 2.05) is 11.8 Å². The van der Waals surface area contributed by atoms with Crippen molar-refractivity contribution in [2.75, 3.05) is 5.75 Å². The van der Waals surface area contributed by atoms with Gasteiger partial charge in [0.1, 0.15) is 5.60 Å². The van der Waals surface area contributed by atoms with E-state index in [-0.39, 0.29) is 22.9 Å². The van der Waals surface area contributed by atoms with E-state index in [1.165, 1.54) is 4.90 Å². The zero-order chi connectivity index (χ0) is 16.7. The molecule has 0 N–H and O–H groups in total. The lowest BCUT2D eigenvalue weighted by Crippen LogP contribution is -2.42. The summed E-state index contributed by atoms with van der Waals surface area (Å²) in [5.74, 6) is 2.25. The first-order chi connectivity index (χ1) is 10.8. The van der Waals surface area contributed by atoms with Crippen LogP contribution in [0.1, 0.15) is 47.0 Å². The van der Waals surface area contributed by atoms with Gasteiger partial charge in [0.25, 0.3) is 0 Å². The van der Waals surface area contributed by atoms with Gasteiger partial charge in [-0.3, -0.25) is 4.79 Å². The third-order valence-electron chi connectivity index (χ3n) is 5.57. The molecule has 23 heavy (non-hydrogen) atoms. The van der Waals surface area contributed by atoms with Crippen LogP contribution in [0.4, 0.5) is 0 Å². The molecule has 0 aromatic heterocycles. The average Bonchev–Trinajstić information content (AvgIpc) is 2.75. The van der Waals surface area contributed by atoms with Crippen molar-refractivity contribution in [2.24, 2.45) is 23.2 Å². The van der Waals surface area contributed by atoms with Gasteiger partial charge in [-0.05, 0) is 49.7 Å². The van der Waals surface area contributed by atoms with E-state index in [0.717, 1.165) is 25.0 Å². The van der Waals surface area contributed by atoms with Crippen molar-refractivity contribution >= 4 is 17.7 Å². The Hall–Kier alpha value is -0.960. The molecule has 0 bridgehead atoms. The minimum Gasteiger partial charge on any atom is -0.459 e. The number of hydrogen-bond acceptors (Lipinski definition) is 3. The fraction of sp³-hybridized carbons (Fsp3) is 0.650. The maximum atomic E-state index is 12.5. The van der Waals surface area contributed by atoms with Crippen LogP contribution in [0.15, 0.2) is 35.2 Å². The summed E-state index contributed by atoms with van der Waals surface area (Å²) in [4.78, 5) is 13.8. The standard InChI is InChI=1S/C20H28O2S/c1-19(2,3)17-16-12-14(10-11-20(16,4)22-18(17)21)13-23-15-8-6-5-7-9-15/h5-9,14,16-17H,10-13H2,1-4H3/t14-,16+,17+,20-/m1/s1. The topological polar surface area (TPSA) is 26.3 Å². The van der Waals surface area contributed by atoms with E-state index in [0.29, 0.717) is 11.8 Å². The molecule has 2 aliphatic rings. The first-order valence-electron chi connectivity index (χ1n) is 8.70. The largest absolute Gasteiger partial charge is 0.459 e. The van der Waals surface area contributed by atoms with E-state index < -0.39 is 0 Å². The number of benzene rings is 1. The van der Waals surface area contributed by atoms with Crippen LogP contribution in [-0.2, 0) is 9.53 Å². The maximum absolute atomic E-state index is 12.5. The number of rotatable bonds is 3. The summed E-state index contributed by atoms with van der Waals surface area (Å²) in [6.07, 6.45) is 3.29. The van der Waals surface area contributed by atoms with Crippen LogP contribution in [0.2, 0.25) is 0 Å². The number of hydrogen-bond donors (Lipinski definition) is 0. The molecule has 0 spiro atoms. The Bertz CT molecular complexity index is 563. The minimum absolute atomic E-state index is 0.0199. The zero-order valence-electron chi connectivity index (χ0n) is 14.7. The highest BCUT2D eigenvalue weighted by Crippen LogP contribution is 2.54. The molecule has 4 atom stereocenters. The lowest BCUT2D eigenvalue weighted by molar-refractivity contribution is -0.152. The maximum Gasteiger partial charge on any atom is 0.310 e. The number of carbonyl (C=O) groups excluding carboxylic acids is 1. The Morgan fingerprint density at radius 3 is 2.61 bits per heavy atom. The Labute approximate surface area is 144 Å². The van der Waals surface area contributed by atoms with Crippen molar-refractivity contribution in [1.29, 1.82) is 0 Å². The molecule has 1 aromatic rings. The van der Waals surface area contributed by atoms with Crippen molar-refractivity contribution in [1.82, 2.24) is 0 Å². The highest BCUT2D eigenvalue weighted by Gasteiger charge is 2.58. The summed E-state index contributed by atoms with van der Waals surface area (Å²) >= 11 is 1.94. The summed E-state index contributed by atoms with van der Waals surface area (Å²) in [6.45, 7) is 8.68. The van der Waals surface area contributed by atoms with Crippen molar-refractivity contribution in [2.45, 2.75) is 57.5 Å². The van der Waals surface area contributed by atoms with Gasteiger partial charge in [-0.15, -0.1) is 11.8 Å². The molecule has 1 heterocycles. The molecule has 0 radical (unpaired) electrons. The van der Waals surface area contributed by atoms with Gasteiger partial charge in [-0.25, -0.2) is 0 Å². The van der Waals surface area contributed by atoms with E-state index >= 15 is 0 Å². The highest BCUT2D eigenvalue weighted by atomic mass is 32.2. The average molecular weight is 333 g/mol. The molecule has 2 nitrogen and oxygen atoms in total. The first-order valence-corrected chi connectivity index (χ1v) is 9.69. The van der Waals surface area contributed by atoms with Crippen LogP contribution in [0.3, 0.4) is 0 Å². The molecule has 126 valence electrons. The molecular formula is C20H28O2S. The van der Waals surface area contributed by atoms with Crippen LogP contribution >= 0.6 is 11.8 Å². The van der Waals surface area contributed by atoms with Gasteiger partial charge >= 0.3 is 5.97 Å². The predicted octanol–water partition coefficient (Wildman–Crippen LogP) is 5.17. The van der Waals surface area contributed by atoms with Crippen LogP contribution in [0.5, 0.6) is 0 Å². The fourth-order valence-corrected chi connectivity index (χ4v) is 5.40. The zero-order valence-corrected chi connectivity index (χ0v) is 15.5. The summed E-state index contributed by atoms with van der Waals surface area (Å²) in [7, 11) is 0. The van der Waals surface area contributed by atoms with Gasteiger partial charge in [-0.1, -0.05) is 39.0 Å². The van der Waals surface area contributed by atoms with Crippen LogP contribution < -0.4 is 0 Å². The molecule has 3 heteroatoms. The summed E-state index contributed by atoms with van der Waals surface area (Å²) in [6, 6.07) is 10.6. The van der Waals surface area contributed by atoms with Crippen molar-refractivity contribution < 1.29 is 9.53 Å². The molecule has 3 rings (SSSR count). The summed E-state index contributed by atoms with van der Waals surface area (Å²) < 4.78 is 5.86. The Balaban J connectivity index is 1.68. The quantitative estimate of drug-likeness (QED) is 0.564. The third kappa shape index (κ3) is 3.45. The Morgan fingerprint density at radius 1 is 1.26 bits per heavy atom. The molecule has 2 fully saturated rings. The summed E-state index contributed by atoms with van der Waals surface area (Å²) in [5.41, 5.74) is -0.253. The van der Waals surface area contributed by atoms with Crippen molar-refractivity contribution in [3.05, 3.63) is 30.3 Å². The van der Waals surface area contributed by atoms with Gasteiger partial charge < -0.3 is 4.74 Å². The monoisotopic (exact) mass is 332 g/mol. The molecule has 1 aromatic carbocycles. The number of thioether (sulfide) groups is 1. The van der Waals surface area contributed by atoms with Crippen LogP contribution in [0, 0.1) is 23.2 Å². The smallest absolute Gasteiger partial charge is 0.310 e. The van der Waals surface area contributed by atoms with Gasteiger partial charge in [0, 0.05) is 16.6 Å². The SMILES string of the molecule is CC(C)(C)[C@@H]1C(=O)O[C@]2(C)CC[C@@H](CSc3ccccc3)C[C@@H]12. The van der Waals surface area contributed by atoms with E-state index in [4.69, 9.17) is 4.74 Å². The molecule has 1 saturated heterocycles. The van der Waals surface area contributed by atoms with Crippen LogP contribution in [0.25, 0.3) is 0 Å². The molecule has 0 unspecified atom stereocenters. The molecule has 1 aliphatic carbocycles. The second-order valence-corrected chi connectivity index (χ2v) is 9.54. The van der Waals surface area contributed by atoms with Gasteiger partial charge in [-0.2, -0.15) is 0 Å². The lowest BCUT2D eigenvalue weighted by Gasteiger charge is -2.41. The number of ether oxygens (including phenoxy) is 1. The first kappa shape index (κ1) is 16.9. The highest BCUT2D eigenvalue weighted by molar-refractivity contribution is 7.99. The lowest BCUT2D eigenvalue weighted by atomic mass is 9.63. The molecule has 1 aliphatic heterocycles. The predicted molar refractivity (Wildman–Crippen MR) is 95.4 cm³/mol. The normalized spacial score (nSPS) is 34.1. The summed E-state index contributed by atoms with van der Waals surface area (Å²) in [5, 5.41) is 0. The second-order valence-electron chi connectivity index (χ2n) is 8.45. The van der Waals surface area contributed by atoms with E-state index in [1.54, 1.807) is 0 Å². The fourth-order valence-electron chi connectivity index (χ4n) is 4.31.